The fourth-order valence-corrected chi connectivity index (χ4v) is 4.15. The molecule has 7 nitrogen and oxygen atoms in total. The first kappa shape index (κ1) is 25.3. The number of phenols is 1. The second-order valence-electron chi connectivity index (χ2n) is 8.66. The zero-order chi connectivity index (χ0) is 26.8. The van der Waals surface area contributed by atoms with Crippen molar-refractivity contribution in [3.8, 4) is 28.5 Å². The number of phenolic OH excluding ortho intramolecular Hbond substituents is 1. The van der Waals surface area contributed by atoms with Crippen LogP contribution in [-0.2, 0) is 4.79 Å². The molecule has 0 bridgehead atoms. The predicted molar refractivity (Wildman–Crippen MR) is 153 cm³/mol. The summed E-state index contributed by atoms with van der Waals surface area (Å²) < 4.78 is 11.6. The number of nitrogens with zero attached hydrogens (tertiary/aromatic N) is 1. The van der Waals surface area contributed by atoms with E-state index in [-0.39, 0.29) is 16.8 Å². The Bertz CT molecular complexity index is 1720. The number of fused-ring (bicyclic) bond motifs is 1. The highest BCUT2D eigenvalue weighted by Crippen LogP contribution is 2.33. The van der Waals surface area contributed by atoms with Crippen molar-refractivity contribution in [1.29, 1.82) is 0 Å². The molecule has 0 fully saturated rings. The second kappa shape index (κ2) is 10.5. The van der Waals surface area contributed by atoms with Crippen molar-refractivity contribution in [3.05, 3.63) is 94.7 Å². The van der Waals surface area contributed by atoms with Crippen LogP contribution in [0.2, 0.25) is 5.02 Å². The number of hydrogen-bond donors (Lipinski definition) is 3. The molecule has 0 saturated heterocycles. The van der Waals surface area contributed by atoms with Gasteiger partial charge in [0, 0.05) is 22.3 Å². The Morgan fingerprint density at radius 2 is 1.87 bits per heavy atom. The van der Waals surface area contributed by atoms with Gasteiger partial charge in [-0.3, -0.25) is 10.1 Å². The van der Waals surface area contributed by atoms with Crippen LogP contribution in [0, 0.1) is 13.8 Å². The van der Waals surface area contributed by atoms with Crippen LogP contribution in [0.1, 0.15) is 16.9 Å². The number of thiocarbonyl (C=S) groups is 1. The van der Waals surface area contributed by atoms with Crippen molar-refractivity contribution >= 4 is 57.7 Å². The van der Waals surface area contributed by atoms with Crippen LogP contribution in [0.5, 0.6) is 5.75 Å². The van der Waals surface area contributed by atoms with Gasteiger partial charge in [0.05, 0.1) is 5.56 Å². The van der Waals surface area contributed by atoms with E-state index in [0.717, 1.165) is 16.7 Å². The molecule has 0 aliphatic rings. The van der Waals surface area contributed by atoms with Gasteiger partial charge in [-0.1, -0.05) is 29.8 Å². The molecular formula is C29H22ClN3O4S. The molecule has 0 saturated carbocycles. The lowest BCUT2D eigenvalue weighted by atomic mass is 10.1. The number of benzene rings is 3. The first-order valence-corrected chi connectivity index (χ1v) is 12.4. The number of aryl methyl sites for hydroxylation is 2. The summed E-state index contributed by atoms with van der Waals surface area (Å²) in [4.78, 5) is 16.8. The molecule has 5 rings (SSSR count). The highest BCUT2D eigenvalue weighted by atomic mass is 35.5. The molecule has 0 radical (unpaired) electrons. The van der Waals surface area contributed by atoms with Gasteiger partial charge in [-0.2, -0.15) is 0 Å². The molecule has 38 heavy (non-hydrogen) atoms. The number of hydrogen-bond acceptors (Lipinski definition) is 6. The third-order valence-corrected chi connectivity index (χ3v) is 6.36. The van der Waals surface area contributed by atoms with E-state index in [1.54, 1.807) is 24.3 Å². The Kier molecular flexibility index (Phi) is 7.00. The third-order valence-electron chi connectivity index (χ3n) is 5.75. The lowest BCUT2D eigenvalue weighted by Crippen LogP contribution is -2.32. The summed E-state index contributed by atoms with van der Waals surface area (Å²) >= 11 is 11.5. The molecule has 190 valence electrons. The molecule has 3 aromatic carbocycles. The summed E-state index contributed by atoms with van der Waals surface area (Å²) in [6.07, 6.45) is 2.87. The molecule has 2 aromatic heterocycles. The minimum Gasteiger partial charge on any atom is -0.507 e. The van der Waals surface area contributed by atoms with Gasteiger partial charge in [0.15, 0.2) is 10.7 Å². The second-order valence-corrected chi connectivity index (χ2v) is 9.48. The standard InChI is InChI=1S/C29H22ClN3O4S/c1-16-3-9-23-26(13-16)37-28(32-23)21-15-19(6-10-24(21)34)31-29(38)33-27(35)12-8-20-7-11-25(36-20)18-5-4-17(2)22(30)14-18/h3-15,34H,1-2H3,(H2,31,33,35,38)/b12-8+. The average molecular weight is 544 g/mol. The minimum absolute atomic E-state index is 0.00226. The Morgan fingerprint density at radius 3 is 2.68 bits per heavy atom. The Hall–Kier alpha value is -4.40. The summed E-state index contributed by atoms with van der Waals surface area (Å²) in [5.74, 6) is 0.980. The number of anilines is 1. The Labute approximate surface area is 228 Å². The Balaban J connectivity index is 1.23. The van der Waals surface area contributed by atoms with Crippen LogP contribution in [0.25, 0.3) is 40.0 Å². The van der Waals surface area contributed by atoms with Gasteiger partial charge in [-0.15, -0.1) is 0 Å². The molecule has 3 N–H and O–H groups in total. The number of carbonyl (C=O) groups is 1. The van der Waals surface area contributed by atoms with E-state index in [1.807, 2.05) is 56.3 Å². The van der Waals surface area contributed by atoms with E-state index < -0.39 is 5.91 Å². The van der Waals surface area contributed by atoms with Gasteiger partial charge in [-0.25, -0.2) is 4.98 Å². The molecule has 2 heterocycles. The molecule has 5 aromatic rings. The van der Waals surface area contributed by atoms with Crippen molar-refractivity contribution in [2.45, 2.75) is 13.8 Å². The van der Waals surface area contributed by atoms with Crippen LogP contribution in [-0.4, -0.2) is 21.1 Å². The minimum atomic E-state index is -0.438. The van der Waals surface area contributed by atoms with Crippen LogP contribution in [0.15, 0.2) is 81.6 Å². The number of nitrogens with one attached hydrogen (secondary N) is 2. The summed E-state index contributed by atoms with van der Waals surface area (Å²) in [5, 5.41) is 16.6. The topological polar surface area (TPSA) is 101 Å². The fourth-order valence-electron chi connectivity index (χ4n) is 3.75. The normalized spacial score (nSPS) is 11.2. The number of aromatic hydroxyl groups is 1. The van der Waals surface area contributed by atoms with Gasteiger partial charge in [0.2, 0.25) is 11.8 Å². The molecule has 9 heteroatoms. The van der Waals surface area contributed by atoms with Gasteiger partial charge >= 0.3 is 0 Å². The summed E-state index contributed by atoms with van der Waals surface area (Å²) in [6.45, 7) is 3.89. The maximum Gasteiger partial charge on any atom is 0.250 e. The zero-order valence-electron chi connectivity index (χ0n) is 20.4. The number of aromatic nitrogens is 1. The predicted octanol–water partition coefficient (Wildman–Crippen LogP) is 7.26. The number of halogens is 1. The maximum absolute atomic E-state index is 12.4. The quantitative estimate of drug-likeness (QED) is 0.122. The summed E-state index contributed by atoms with van der Waals surface area (Å²) in [5.41, 5.74) is 5.10. The molecule has 0 unspecified atom stereocenters. The monoisotopic (exact) mass is 543 g/mol. The lowest BCUT2D eigenvalue weighted by molar-refractivity contribution is -0.115. The lowest BCUT2D eigenvalue weighted by Gasteiger charge is -2.10. The summed E-state index contributed by atoms with van der Waals surface area (Å²) in [7, 11) is 0. The zero-order valence-corrected chi connectivity index (χ0v) is 22.0. The van der Waals surface area contributed by atoms with Crippen molar-refractivity contribution < 1.29 is 18.7 Å². The van der Waals surface area contributed by atoms with Gasteiger partial charge in [-0.05, 0) is 91.8 Å². The van der Waals surface area contributed by atoms with Crippen LogP contribution in [0.3, 0.4) is 0 Å². The molecule has 0 aliphatic carbocycles. The maximum atomic E-state index is 12.4. The highest BCUT2D eigenvalue weighted by molar-refractivity contribution is 7.80. The van der Waals surface area contributed by atoms with E-state index in [2.05, 4.69) is 15.6 Å². The number of amides is 1. The number of oxazole rings is 1. The first-order chi connectivity index (χ1) is 18.2. The average Bonchev–Trinajstić information content (AvgIpc) is 3.52. The van der Waals surface area contributed by atoms with E-state index in [9.17, 15) is 9.90 Å². The number of rotatable bonds is 5. The van der Waals surface area contributed by atoms with Crippen LogP contribution in [0.4, 0.5) is 5.69 Å². The van der Waals surface area contributed by atoms with E-state index >= 15 is 0 Å². The largest absolute Gasteiger partial charge is 0.507 e. The first-order valence-electron chi connectivity index (χ1n) is 11.6. The molecule has 0 atom stereocenters. The van der Waals surface area contributed by atoms with Crippen LogP contribution < -0.4 is 10.6 Å². The molecule has 1 amide bonds. The van der Waals surface area contributed by atoms with Gasteiger partial charge in [0.25, 0.3) is 0 Å². The van der Waals surface area contributed by atoms with E-state index in [0.29, 0.717) is 38.9 Å². The van der Waals surface area contributed by atoms with Crippen molar-refractivity contribution in [2.75, 3.05) is 5.32 Å². The molecule has 0 spiro atoms. The van der Waals surface area contributed by atoms with E-state index in [4.69, 9.17) is 32.7 Å². The van der Waals surface area contributed by atoms with E-state index in [1.165, 1.54) is 12.1 Å². The van der Waals surface area contributed by atoms with Crippen molar-refractivity contribution in [3.63, 3.8) is 0 Å². The molecule has 0 aliphatic heterocycles. The molecular weight excluding hydrogens is 522 g/mol. The number of furan rings is 1. The number of carbonyl (C=O) groups excluding carboxylic acids is 1. The fraction of sp³-hybridized carbons (Fsp3) is 0.0690. The van der Waals surface area contributed by atoms with Crippen LogP contribution >= 0.6 is 23.8 Å². The highest BCUT2D eigenvalue weighted by Gasteiger charge is 2.14. The van der Waals surface area contributed by atoms with Gasteiger partial charge in [0.1, 0.15) is 22.8 Å². The third kappa shape index (κ3) is 5.61. The van der Waals surface area contributed by atoms with Crippen molar-refractivity contribution in [2.24, 2.45) is 0 Å². The smallest absolute Gasteiger partial charge is 0.250 e. The summed E-state index contributed by atoms with van der Waals surface area (Å²) in [6, 6.07) is 19.7. The van der Waals surface area contributed by atoms with Gasteiger partial charge < -0.3 is 19.3 Å². The SMILES string of the molecule is Cc1ccc2nc(-c3cc(NC(=S)NC(=O)/C=C/c4ccc(-c5ccc(C)c(Cl)c5)o4)ccc3O)oc2c1. The Morgan fingerprint density at radius 1 is 1.03 bits per heavy atom. The van der Waals surface area contributed by atoms with Crippen molar-refractivity contribution in [1.82, 2.24) is 10.3 Å².